The van der Waals surface area contributed by atoms with Gasteiger partial charge in [-0.25, -0.2) is 4.99 Å². The maximum atomic E-state index is 10.8. The SMILES string of the molecule is CCNC(=NCc1cccc(OCC(N)=O)c1)NC(C)c1ccccc1Br. The van der Waals surface area contributed by atoms with Gasteiger partial charge in [0.1, 0.15) is 5.75 Å². The van der Waals surface area contributed by atoms with Crippen molar-refractivity contribution < 1.29 is 9.53 Å². The number of carbonyl (C=O) groups is 1. The summed E-state index contributed by atoms with van der Waals surface area (Å²) in [4.78, 5) is 15.5. The predicted molar refractivity (Wildman–Crippen MR) is 112 cm³/mol. The van der Waals surface area contributed by atoms with Gasteiger partial charge in [0.25, 0.3) is 5.91 Å². The number of rotatable bonds is 8. The molecule has 0 saturated carbocycles. The van der Waals surface area contributed by atoms with Gasteiger partial charge in [-0.1, -0.05) is 46.3 Å². The zero-order valence-corrected chi connectivity index (χ0v) is 17.1. The molecule has 0 aliphatic rings. The molecule has 0 spiro atoms. The molecule has 1 atom stereocenters. The molecule has 0 aromatic heterocycles. The highest BCUT2D eigenvalue weighted by atomic mass is 79.9. The fourth-order valence-electron chi connectivity index (χ4n) is 2.49. The predicted octanol–water partition coefficient (Wildman–Crippen LogP) is 3.13. The molecular weight excluding hydrogens is 408 g/mol. The van der Waals surface area contributed by atoms with E-state index in [2.05, 4.69) is 44.5 Å². The van der Waals surface area contributed by atoms with Gasteiger partial charge in [-0.3, -0.25) is 4.79 Å². The number of aliphatic imine (C=N–C) groups is 1. The van der Waals surface area contributed by atoms with Gasteiger partial charge < -0.3 is 21.1 Å². The number of nitrogens with one attached hydrogen (secondary N) is 2. The topological polar surface area (TPSA) is 88.7 Å². The summed E-state index contributed by atoms with van der Waals surface area (Å²) in [7, 11) is 0. The second-order valence-electron chi connectivity index (χ2n) is 5.99. The molecule has 0 saturated heterocycles. The fourth-order valence-corrected chi connectivity index (χ4v) is 3.12. The molecule has 0 aliphatic carbocycles. The molecule has 0 heterocycles. The molecule has 0 bridgehead atoms. The van der Waals surface area contributed by atoms with Crippen LogP contribution in [0.2, 0.25) is 0 Å². The van der Waals surface area contributed by atoms with Crippen molar-refractivity contribution in [3.8, 4) is 5.75 Å². The molecule has 7 heteroatoms. The van der Waals surface area contributed by atoms with Gasteiger partial charge >= 0.3 is 0 Å². The molecule has 2 aromatic carbocycles. The number of benzene rings is 2. The first-order chi connectivity index (χ1) is 13.0. The Labute approximate surface area is 168 Å². The Balaban J connectivity index is 2.05. The summed E-state index contributed by atoms with van der Waals surface area (Å²) >= 11 is 3.59. The van der Waals surface area contributed by atoms with Crippen molar-refractivity contribution in [3.63, 3.8) is 0 Å². The van der Waals surface area contributed by atoms with Crippen molar-refractivity contribution in [2.75, 3.05) is 13.2 Å². The number of nitrogens with two attached hydrogens (primary N) is 1. The van der Waals surface area contributed by atoms with Crippen LogP contribution < -0.4 is 21.1 Å². The van der Waals surface area contributed by atoms with Crippen LogP contribution in [0.25, 0.3) is 0 Å². The van der Waals surface area contributed by atoms with E-state index in [0.717, 1.165) is 28.1 Å². The van der Waals surface area contributed by atoms with E-state index in [-0.39, 0.29) is 12.6 Å². The average molecular weight is 433 g/mol. The van der Waals surface area contributed by atoms with Gasteiger partial charge in [-0.15, -0.1) is 0 Å². The van der Waals surface area contributed by atoms with E-state index in [1.54, 1.807) is 6.07 Å². The lowest BCUT2D eigenvalue weighted by Crippen LogP contribution is -2.38. The summed E-state index contributed by atoms with van der Waals surface area (Å²) in [6.45, 7) is 5.21. The minimum Gasteiger partial charge on any atom is -0.484 e. The lowest BCUT2D eigenvalue weighted by molar-refractivity contribution is -0.119. The number of hydrogen-bond acceptors (Lipinski definition) is 3. The quantitative estimate of drug-likeness (QED) is 0.441. The third-order valence-electron chi connectivity index (χ3n) is 3.77. The van der Waals surface area contributed by atoms with Crippen LogP contribution in [0.3, 0.4) is 0 Å². The van der Waals surface area contributed by atoms with E-state index in [0.29, 0.717) is 12.3 Å². The van der Waals surface area contributed by atoms with Gasteiger partial charge in [-0.2, -0.15) is 0 Å². The first-order valence-corrected chi connectivity index (χ1v) is 9.58. The zero-order valence-electron chi connectivity index (χ0n) is 15.5. The van der Waals surface area contributed by atoms with Crippen LogP contribution in [0.4, 0.5) is 0 Å². The summed E-state index contributed by atoms with van der Waals surface area (Å²) in [6, 6.07) is 15.7. The summed E-state index contributed by atoms with van der Waals surface area (Å²) in [6.07, 6.45) is 0. The number of guanidine groups is 1. The Hall–Kier alpha value is -2.54. The van der Waals surface area contributed by atoms with E-state index >= 15 is 0 Å². The zero-order chi connectivity index (χ0) is 19.6. The first-order valence-electron chi connectivity index (χ1n) is 8.79. The maximum Gasteiger partial charge on any atom is 0.255 e. The van der Waals surface area contributed by atoms with Gasteiger partial charge in [0, 0.05) is 11.0 Å². The number of amides is 1. The molecule has 0 fully saturated rings. The Kier molecular flexibility index (Phi) is 8.13. The summed E-state index contributed by atoms with van der Waals surface area (Å²) < 4.78 is 6.39. The van der Waals surface area contributed by atoms with Crippen molar-refractivity contribution >= 4 is 27.8 Å². The number of halogens is 1. The van der Waals surface area contributed by atoms with Crippen LogP contribution in [0.15, 0.2) is 58.0 Å². The van der Waals surface area contributed by atoms with Gasteiger partial charge in [0.2, 0.25) is 0 Å². The van der Waals surface area contributed by atoms with E-state index in [1.165, 1.54) is 0 Å². The molecule has 2 aromatic rings. The number of carbonyl (C=O) groups excluding carboxylic acids is 1. The fraction of sp³-hybridized carbons (Fsp3) is 0.300. The third kappa shape index (κ3) is 6.94. The largest absolute Gasteiger partial charge is 0.484 e. The highest BCUT2D eigenvalue weighted by Gasteiger charge is 2.10. The van der Waals surface area contributed by atoms with Gasteiger partial charge in [0.15, 0.2) is 12.6 Å². The van der Waals surface area contributed by atoms with Crippen LogP contribution in [0, 0.1) is 0 Å². The lowest BCUT2D eigenvalue weighted by atomic mass is 10.1. The van der Waals surface area contributed by atoms with Crippen molar-refractivity contribution in [1.29, 1.82) is 0 Å². The number of nitrogens with zero attached hydrogens (tertiary/aromatic N) is 1. The highest BCUT2D eigenvalue weighted by molar-refractivity contribution is 9.10. The molecule has 1 unspecified atom stereocenters. The number of ether oxygens (including phenoxy) is 1. The standard InChI is InChI=1S/C20H25BrN4O2/c1-3-23-20(25-14(2)17-9-4-5-10-18(17)21)24-12-15-7-6-8-16(11-15)27-13-19(22)26/h4-11,14H,3,12-13H2,1-2H3,(H2,22,26)(H2,23,24,25). The van der Waals surface area contributed by atoms with Crippen LogP contribution in [0.5, 0.6) is 5.75 Å². The lowest BCUT2D eigenvalue weighted by Gasteiger charge is -2.19. The van der Waals surface area contributed by atoms with E-state index in [1.807, 2.05) is 43.3 Å². The molecule has 0 radical (unpaired) electrons. The van der Waals surface area contributed by atoms with Crippen LogP contribution in [-0.4, -0.2) is 25.0 Å². The molecule has 2 rings (SSSR count). The third-order valence-corrected chi connectivity index (χ3v) is 4.49. The van der Waals surface area contributed by atoms with Crippen molar-refractivity contribution in [2.45, 2.75) is 26.4 Å². The Morgan fingerprint density at radius 2 is 2.04 bits per heavy atom. The Morgan fingerprint density at radius 3 is 2.74 bits per heavy atom. The summed E-state index contributed by atoms with van der Waals surface area (Å²) in [5, 5.41) is 6.68. The molecule has 144 valence electrons. The maximum absolute atomic E-state index is 10.8. The second-order valence-corrected chi connectivity index (χ2v) is 6.84. The molecular formula is C20H25BrN4O2. The van der Waals surface area contributed by atoms with E-state index in [9.17, 15) is 4.79 Å². The Morgan fingerprint density at radius 1 is 1.26 bits per heavy atom. The molecule has 1 amide bonds. The molecule has 0 aliphatic heterocycles. The minimum absolute atomic E-state index is 0.0867. The molecule has 4 N–H and O–H groups in total. The van der Waals surface area contributed by atoms with Crippen molar-refractivity contribution in [2.24, 2.45) is 10.7 Å². The van der Waals surface area contributed by atoms with Gasteiger partial charge in [0.05, 0.1) is 12.6 Å². The van der Waals surface area contributed by atoms with Crippen LogP contribution >= 0.6 is 15.9 Å². The normalized spacial score (nSPS) is 12.3. The monoisotopic (exact) mass is 432 g/mol. The smallest absolute Gasteiger partial charge is 0.255 e. The van der Waals surface area contributed by atoms with Gasteiger partial charge in [-0.05, 0) is 43.2 Å². The minimum atomic E-state index is -0.502. The van der Waals surface area contributed by atoms with E-state index < -0.39 is 5.91 Å². The first kappa shape index (κ1) is 20.8. The Bertz CT molecular complexity index is 795. The van der Waals surface area contributed by atoms with Crippen molar-refractivity contribution in [3.05, 3.63) is 64.1 Å². The van der Waals surface area contributed by atoms with Crippen LogP contribution in [0.1, 0.15) is 31.0 Å². The van der Waals surface area contributed by atoms with Crippen LogP contribution in [-0.2, 0) is 11.3 Å². The van der Waals surface area contributed by atoms with E-state index in [4.69, 9.17) is 10.5 Å². The summed E-state index contributed by atoms with van der Waals surface area (Å²) in [5.74, 6) is 0.823. The average Bonchev–Trinajstić information content (AvgIpc) is 2.65. The molecule has 27 heavy (non-hydrogen) atoms. The highest BCUT2D eigenvalue weighted by Crippen LogP contribution is 2.22. The number of hydrogen-bond donors (Lipinski definition) is 3. The second kappa shape index (κ2) is 10.6. The molecule has 6 nitrogen and oxygen atoms in total. The van der Waals surface area contributed by atoms with Crippen molar-refractivity contribution in [1.82, 2.24) is 10.6 Å². The summed E-state index contributed by atoms with van der Waals surface area (Å²) in [5.41, 5.74) is 7.24. The number of primary amides is 1.